The van der Waals surface area contributed by atoms with E-state index >= 15 is 0 Å². The zero-order valence-corrected chi connectivity index (χ0v) is 11.8. The molecule has 2 aliphatic carbocycles. The van der Waals surface area contributed by atoms with E-state index in [1.54, 1.807) is 0 Å². The van der Waals surface area contributed by atoms with Gasteiger partial charge in [0.25, 0.3) is 0 Å². The Hall–Kier alpha value is -0.0800. The van der Waals surface area contributed by atoms with Crippen LogP contribution in [-0.4, -0.2) is 18.1 Å². The number of nitrogens with two attached hydrogens (primary N) is 1. The summed E-state index contributed by atoms with van der Waals surface area (Å²) in [5.74, 6) is 2.52. The van der Waals surface area contributed by atoms with Gasteiger partial charge < -0.3 is 11.1 Å². The molecule has 0 aromatic heterocycles. The first kappa shape index (κ1) is 13.4. The molecule has 5 atom stereocenters. The lowest BCUT2D eigenvalue weighted by molar-refractivity contribution is 0.115. The Kier molecular flexibility index (Phi) is 4.14. The molecule has 0 aliphatic heterocycles. The van der Waals surface area contributed by atoms with Gasteiger partial charge in [0.15, 0.2) is 0 Å². The molecule has 2 heteroatoms. The monoisotopic (exact) mass is 238 g/mol. The molecular weight excluding hydrogens is 208 g/mol. The van der Waals surface area contributed by atoms with Gasteiger partial charge >= 0.3 is 0 Å². The fraction of sp³-hybridized carbons (Fsp3) is 1.00. The number of rotatable bonds is 3. The van der Waals surface area contributed by atoms with Crippen molar-refractivity contribution in [1.29, 1.82) is 0 Å². The second-order valence-corrected chi connectivity index (χ2v) is 6.90. The molecule has 0 saturated heterocycles. The standard InChI is InChI=1S/C15H30N2/c1-11-4-5-14(9-11)17-15(10-16)7-6-12(2)8-13(15)3/h11-14,17H,4-10,16H2,1-3H3. The van der Waals surface area contributed by atoms with Crippen molar-refractivity contribution in [2.75, 3.05) is 6.54 Å². The van der Waals surface area contributed by atoms with Crippen LogP contribution in [0.4, 0.5) is 0 Å². The van der Waals surface area contributed by atoms with E-state index in [2.05, 4.69) is 26.1 Å². The predicted molar refractivity (Wildman–Crippen MR) is 73.9 cm³/mol. The second-order valence-electron chi connectivity index (χ2n) is 6.90. The van der Waals surface area contributed by atoms with E-state index in [1.807, 2.05) is 0 Å². The quantitative estimate of drug-likeness (QED) is 0.793. The Morgan fingerprint density at radius 3 is 2.29 bits per heavy atom. The maximum Gasteiger partial charge on any atom is 0.0332 e. The highest BCUT2D eigenvalue weighted by Gasteiger charge is 2.41. The lowest BCUT2D eigenvalue weighted by atomic mass is 9.69. The van der Waals surface area contributed by atoms with Crippen molar-refractivity contribution in [2.45, 2.75) is 70.9 Å². The molecule has 2 aliphatic rings. The Balaban J connectivity index is 1.99. The van der Waals surface area contributed by atoms with Crippen LogP contribution in [-0.2, 0) is 0 Å². The summed E-state index contributed by atoms with van der Waals surface area (Å²) in [5.41, 5.74) is 6.36. The summed E-state index contributed by atoms with van der Waals surface area (Å²) >= 11 is 0. The molecule has 2 rings (SSSR count). The minimum atomic E-state index is 0.237. The van der Waals surface area contributed by atoms with Gasteiger partial charge in [-0.05, 0) is 56.3 Å². The third-order valence-corrected chi connectivity index (χ3v) is 5.33. The molecule has 0 aromatic carbocycles. The van der Waals surface area contributed by atoms with Crippen LogP contribution in [0.1, 0.15) is 59.3 Å². The molecule has 17 heavy (non-hydrogen) atoms. The fourth-order valence-electron chi connectivity index (χ4n) is 4.02. The minimum absolute atomic E-state index is 0.237. The van der Waals surface area contributed by atoms with E-state index in [1.165, 1.54) is 38.5 Å². The maximum atomic E-state index is 6.12. The molecule has 100 valence electrons. The van der Waals surface area contributed by atoms with Crippen molar-refractivity contribution in [2.24, 2.45) is 23.5 Å². The molecule has 0 aromatic rings. The zero-order chi connectivity index (χ0) is 12.5. The largest absolute Gasteiger partial charge is 0.329 e. The molecule has 5 unspecified atom stereocenters. The van der Waals surface area contributed by atoms with Gasteiger partial charge in [0.1, 0.15) is 0 Å². The smallest absolute Gasteiger partial charge is 0.0332 e. The first-order valence-electron chi connectivity index (χ1n) is 7.53. The summed E-state index contributed by atoms with van der Waals surface area (Å²) in [4.78, 5) is 0. The molecule has 0 bridgehead atoms. The second kappa shape index (κ2) is 5.27. The summed E-state index contributed by atoms with van der Waals surface area (Å²) < 4.78 is 0. The summed E-state index contributed by atoms with van der Waals surface area (Å²) in [6.07, 6.45) is 8.05. The predicted octanol–water partition coefficient (Wildman–Crippen LogP) is 2.92. The van der Waals surface area contributed by atoms with Crippen LogP contribution in [0.5, 0.6) is 0 Å². The molecule has 0 radical (unpaired) electrons. The Labute approximate surface area is 107 Å². The maximum absolute atomic E-state index is 6.12. The molecule has 0 heterocycles. The van der Waals surface area contributed by atoms with Crippen LogP contribution in [0, 0.1) is 17.8 Å². The third kappa shape index (κ3) is 2.85. The van der Waals surface area contributed by atoms with Gasteiger partial charge in [-0.25, -0.2) is 0 Å². The van der Waals surface area contributed by atoms with E-state index in [9.17, 15) is 0 Å². The van der Waals surface area contributed by atoms with Gasteiger partial charge in [-0.1, -0.05) is 20.8 Å². The topological polar surface area (TPSA) is 38.0 Å². The van der Waals surface area contributed by atoms with Gasteiger partial charge in [-0.15, -0.1) is 0 Å². The van der Waals surface area contributed by atoms with Crippen molar-refractivity contribution >= 4 is 0 Å². The Bertz CT molecular complexity index is 253. The Morgan fingerprint density at radius 1 is 1.06 bits per heavy atom. The van der Waals surface area contributed by atoms with Crippen LogP contribution in [0.2, 0.25) is 0 Å². The number of hydrogen-bond donors (Lipinski definition) is 2. The highest BCUT2D eigenvalue weighted by Crippen LogP contribution is 2.38. The number of nitrogens with one attached hydrogen (secondary N) is 1. The van der Waals surface area contributed by atoms with Crippen LogP contribution in [0.25, 0.3) is 0 Å². The highest BCUT2D eigenvalue weighted by molar-refractivity contribution is 5.00. The van der Waals surface area contributed by atoms with Crippen molar-refractivity contribution in [1.82, 2.24) is 5.32 Å². The lowest BCUT2D eigenvalue weighted by Gasteiger charge is -2.46. The summed E-state index contributed by atoms with van der Waals surface area (Å²) in [5, 5.41) is 3.96. The van der Waals surface area contributed by atoms with Gasteiger partial charge in [0.2, 0.25) is 0 Å². The van der Waals surface area contributed by atoms with E-state index in [-0.39, 0.29) is 5.54 Å². The van der Waals surface area contributed by atoms with Crippen molar-refractivity contribution in [3.63, 3.8) is 0 Å². The van der Waals surface area contributed by atoms with Crippen LogP contribution in [0.15, 0.2) is 0 Å². The SMILES string of the molecule is CC1CCC(NC2(CN)CCC(C)CC2C)C1. The molecule has 2 fully saturated rings. The van der Waals surface area contributed by atoms with E-state index < -0.39 is 0 Å². The van der Waals surface area contributed by atoms with Gasteiger partial charge in [-0.2, -0.15) is 0 Å². The average molecular weight is 238 g/mol. The molecular formula is C15H30N2. The molecule has 3 N–H and O–H groups in total. The first-order valence-corrected chi connectivity index (χ1v) is 7.53. The van der Waals surface area contributed by atoms with Crippen LogP contribution >= 0.6 is 0 Å². The summed E-state index contributed by atoms with van der Waals surface area (Å²) in [6, 6.07) is 0.726. The summed E-state index contributed by atoms with van der Waals surface area (Å²) in [6.45, 7) is 7.97. The highest BCUT2D eigenvalue weighted by atomic mass is 15.0. The zero-order valence-electron chi connectivity index (χ0n) is 11.8. The molecule has 2 saturated carbocycles. The normalized spacial score (nSPS) is 47.3. The van der Waals surface area contributed by atoms with E-state index in [4.69, 9.17) is 5.73 Å². The van der Waals surface area contributed by atoms with Gasteiger partial charge in [-0.3, -0.25) is 0 Å². The van der Waals surface area contributed by atoms with E-state index in [0.717, 1.165) is 30.3 Å². The van der Waals surface area contributed by atoms with E-state index in [0.29, 0.717) is 0 Å². The summed E-state index contributed by atoms with van der Waals surface area (Å²) in [7, 11) is 0. The van der Waals surface area contributed by atoms with Crippen molar-refractivity contribution in [3.8, 4) is 0 Å². The third-order valence-electron chi connectivity index (χ3n) is 5.33. The molecule has 0 amide bonds. The van der Waals surface area contributed by atoms with Crippen molar-refractivity contribution in [3.05, 3.63) is 0 Å². The van der Waals surface area contributed by atoms with Gasteiger partial charge in [0.05, 0.1) is 0 Å². The fourth-order valence-corrected chi connectivity index (χ4v) is 4.02. The molecule has 0 spiro atoms. The minimum Gasteiger partial charge on any atom is -0.329 e. The lowest BCUT2D eigenvalue weighted by Crippen LogP contribution is -2.60. The van der Waals surface area contributed by atoms with Crippen LogP contribution in [0.3, 0.4) is 0 Å². The average Bonchev–Trinajstić information content (AvgIpc) is 2.68. The van der Waals surface area contributed by atoms with Crippen LogP contribution < -0.4 is 11.1 Å². The van der Waals surface area contributed by atoms with Crippen molar-refractivity contribution < 1.29 is 0 Å². The number of hydrogen-bond acceptors (Lipinski definition) is 2. The first-order chi connectivity index (χ1) is 8.05. The Morgan fingerprint density at radius 2 is 1.76 bits per heavy atom. The molecule has 2 nitrogen and oxygen atoms in total. The van der Waals surface area contributed by atoms with Gasteiger partial charge in [0, 0.05) is 18.1 Å².